The molecule has 0 spiro atoms. The Bertz CT molecular complexity index is 414. The fourth-order valence-electron chi connectivity index (χ4n) is 1.94. The number of hydrogen-bond donors (Lipinski definition) is 1. The van der Waals surface area contributed by atoms with Crippen LogP contribution in [0.3, 0.4) is 0 Å². The lowest BCUT2D eigenvalue weighted by Crippen LogP contribution is -2.48. The minimum absolute atomic E-state index is 0.0273. The van der Waals surface area contributed by atoms with Crippen molar-refractivity contribution in [3.63, 3.8) is 0 Å². The minimum Gasteiger partial charge on any atom is -0.394 e. The molecule has 1 aliphatic heterocycles. The minimum atomic E-state index is -0.0273. The molecule has 1 N–H and O–H groups in total. The van der Waals surface area contributed by atoms with E-state index in [-0.39, 0.29) is 18.6 Å². The van der Waals surface area contributed by atoms with Gasteiger partial charge in [0, 0.05) is 18.5 Å². The van der Waals surface area contributed by atoms with Gasteiger partial charge in [0.05, 0.1) is 25.9 Å². The maximum atomic E-state index is 9.39. The van der Waals surface area contributed by atoms with E-state index in [1.54, 1.807) is 0 Å². The van der Waals surface area contributed by atoms with Gasteiger partial charge in [0.2, 0.25) is 0 Å². The molecule has 2 heterocycles. The van der Waals surface area contributed by atoms with E-state index >= 15 is 0 Å². The second-order valence-electron chi connectivity index (χ2n) is 4.67. The molecule has 0 amide bonds. The Hall–Kier alpha value is -0.720. The first-order valence-electron chi connectivity index (χ1n) is 6.11. The SMILES string of the molecule is CC(C)c1nc(Br)cc(N2CCOCC2CO)n1. The standard InChI is InChI=1S/C12H18BrN3O2/c1-8(2)12-14-10(13)5-11(15-12)16-3-4-18-7-9(16)6-17/h5,8-9,17H,3-4,6-7H2,1-2H3. The number of ether oxygens (including phenoxy) is 1. The van der Waals surface area contributed by atoms with Crippen molar-refractivity contribution < 1.29 is 9.84 Å². The summed E-state index contributed by atoms with van der Waals surface area (Å²) in [6.45, 7) is 6.14. The van der Waals surface area contributed by atoms with E-state index in [1.807, 2.05) is 6.07 Å². The monoisotopic (exact) mass is 315 g/mol. The molecule has 0 aliphatic carbocycles. The quantitative estimate of drug-likeness (QED) is 0.858. The molecule has 5 nitrogen and oxygen atoms in total. The molecule has 1 unspecified atom stereocenters. The lowest BCUT2D eigenvalue weighted by Gasteiger charge is -2.35. The van der Waals surface area contributed by atoms with Crippen LogP contribution in [0.2, 0.25) is 0 Å². The number of anilines is 1. The van der Waals surface area contributed by atoms with Crippen LogP contribution in [-0.4, -0.2) is 47.5 Å². The van der Waals surface area contributed by atoms with E-state index in [0.717, 1.165) is 22.8 Å². The highest BCUT2D eigenvalue weighted by molar-refractivity contribution is 9.10. The zero-order chi connectivity index (χ0) is 13.1. The van der Waals surface area contributed by atoms with Crippen LogP contribution in [0.25, 0.3) is 0 Å². The van der Waals surface area contributed by atoms with Crippen molar-refractivity contribution in [1.29, 1.82) is 0 Å². The summed E-state index contributed by atoms with van der Waals surface area (Å²) in [5.41, 5.74) is 0. The van der Waals surface area contributed by atoms with Crippen molar-refractivity contribution in [1.82, 2.24) is 9.97 Å². The Balaban J connectivity index is 2.30. The summed E-state index contributed by atoms with van der Waals surface area (Å²) in [6.07, 6.45) is 0. The van der Waals surface area contributed by atoms with Gasteiger partial charge >= 0.3 is 0 Å². The molecule has 1 fully saturated rings. The molecule has 1 saturated heterocycles. The fraction of sp³-hybridized carbons (Fsp3) is 0.667. The number of aliphatic hydroxyl groups excluding tert-OH is 1. The molecule has 1 aliphatic rings. The van der Waals surface area contributed by atoms with Gasteiger partial charge in [-0.2, -0.15) is 0 Å². The van der Waals surface area contributed by atoms with Crippen molar-refractivity contribution in [2.24, 2.45) is 0 Å². The zero-order valence-electron chi connectivity index (χ0n) is 10.6. The lowest BCUT2D eigenvalue weighted by molar-refractivity contribution is 0.0722. The molecular formula is C12H18BrN3O2. The number of nitrogens with zero attached hydrogens (tertiary/aromatic N) is 3. The number of hydrogen-bond acceptors (Lipinski definition) is 5. The number of morpholine rings is 1. The first-order valence-corrected chi connectivity index (χ1v) is 6.91. The number of aliphatic hydroxyl groups is 1. The van der Waals surface area contributed by atoms with Crippen molar-refractivity contribution >= 4 is 21.7 Å². The second kappa shape index (κ2) is 5.95. The van der Waals surface area contributed by atoms with Gasteiger partial charge in [0.15, 0.2) is 0 Å². The van der Waals surface area contributed by atoms with Gasteiger partial charge in [0.25, 0.3) is 0 Å². The highest BCUT2D eigenvalue weighted by Gasteiger charge is 2.24. The van der Waals surface area contributed by atoms with Crippen molar-refractivity contribution in [2.75, 3.05) is 31.3 Å². The van der Waals surface area contributed by atoms with Crippen LogP contribution in [0.5, 0.6) is 0 Å². The largest absolute Gasteiger partial charge is 0.394 e. The summed E-state index contributed by atoms with van der Waals surface area (Å²) < 4.78 is 6.15. The number of rotatable bonds is 3. The summed E-state index contributed by atoms with van der Waals surface area (Å²) in [5, 5.41) is 9.39. The number of halogens is 1. The summed E-state index contributed by atoms with van der Waals surface area (Å²) in [6, 6.07) is 1.86. The van der Waals surface area contributed by atoms with E-state index in [2.05, 4.69) is 44.6 Å². The van der Waals surface area contributed by atoms with Crippen LogP contribution in [0, 0.1) is 0 Å². The smallest absolute Gasteiger partial charge is 0.134 e. The maximum absolute atomic E-state index is 9.39. The summed E-state index contributed by atoms with van der Waals surface area (Å²) in [7, 11) is 0. The molecule has 2 rings (SSSR count). The Morgan fingerprint density at radius 1 is 1.56 bits per heavy atom. The molecule has 18 heavy (non-hydrogen) atoms. The van der Waals surface area contributed by atoms with E-state index in [4.69, 9.17) is 4.74 Å². The Kier molecular flexibility index (Phi) is 4.53. The Morgan fingerprint density at radius 2 is 2.33 bits per heavy atom. The van der Waals surface area contributed by atoms with Gasteiger partial charge in [-0.1, -0.05) is 13.8 Å². The Morgan fingerprint density at radius 3 is 3.00 bits per heavy atom. The van der Waals surface area contributed by atoms with Crippen LogP contribution < -0.4 is 4.90 Å². The summed E-state index contributed by atoms with van der Waals surface area (Å²) in [5.74, 6) is 1.93. The molecule has 0 saturated carbocycles. The van der Waals surface area contributed by atoms with Crippen LogP contribution in [-0.2, 0) is 4.74 Å². The molecule has 6 heteroatoms. The van der Waals surface area contributed by atoms with Gasteiger partial charge < -0.3 is 14.7 Å². The van der Waals surface area contributed by atoms with Crippen molar-refractivity contribution in [3.05, 3.63) is 16.5 Å². The van der Waals surface area contributed by atoms with Gasteiger partial charge in [-0.15, -0.1) is 0 Å². The summed E-state index contributed by atoms with van der Waals surface area (Å²) >= 11 is 3.42. The van der Waals surface area contributed by atoms with Crippen LogP contribution in [0.4, 0.5) is 5.82 Å². The highest BCUT2D eigenvalue weighted by Crippen LogP contribution is 2.23. The van der Waals surface area contributed by atoms with Gasteiger partial charge in [-0.05, 0) is 15.9 Å². The Labute approximate surface area is 115 Å². The van der Waals surface area contributed by atoms with Gasteiger partial charge in [-0.3, -0.25) is 0 Å². The van der Waals surface area contributed by atoms with E-state index < -0.39 is 0 Å². The summed E-state index contributed by atoms with van der Waals surface area (Å²) in [4.78, 5) is 11.0. The van der Waals surface area contributed by atoms with E-state index in [0.29, 0.717) is 13.2 Å². The van der Waals surface area contributed by atoms with E-state index in [9.17, 15) is 5.11 Å². The number of aromatic nitrogens is 2. The second-order valence-corrected chi connectivity index (χ2v) is 5.48. The normalized spacial score (nSPS) is 20.5. The molecule has 100 valence electrons. The average Bonchev–Trinajstić information content (AvgIpc) is 2.38. The molecule has 1 aromatic heterocycles. The molecule has 0 aromatic carbocycles. The van der Waals surface area contributed by atoms with Gasteiger partial charge in [-0.25, -0.2) is 9.97 Å². The topological polar surface area (TPSA) is 58.5 Å². The molecular weight excluding hydrogens is 298 g/mol. The van der Waals surface area contributed by atoms with Gasteiger partial charge in [0.1, 0.15) is 16.2 Å². The molecule has 1 aromatic rings. The zero-order valence-corrected chi connectivity index (χ0v) is 12.2. The fourth-order valence-corrected chi connectivity index (χ4v) is 2.32. The van der Waals surface area contributed by atoms with Crippen molar-refractivity contribution in [3.8, 4) is 0 Å². The molecule has 0 radical (unpaired) electrons. The first-order chi connectivity index (χ1) is 8.61. The maximum Gasteiger partial charge on any atom is 0.134 e. The van der Waals surface area contributed by atoms with Crippen LogP contribution >= 0.6 is 15.9 Å². The predicted molar refractivity (Wildman–Crippen MR) is 72.9 cm³/mol. The third kappa shape index (κ3) is 2.99. The molecule has 1 atom stereocenters. The third-order valence-electron chi connectivity index (χ3n) is 2.95. The highest BCUT2D eigenvalue weighted by atomic mass is 79.9. The van der Waals surface area contributed by atoms with Crippen molar-refractivity contribution in [2.45, 2.75) is 25.8 Å². The average molecular weight is 316 g/mol. The van der Waals surface area contributed by atoms with Crippen LogP contribution in [0.1, 0.15) is 25.6 Å². The van der Waals surface area contributed by atoms with E-state index in [1.165, 1.54) is 0 Å². The van der Waals surface area contributed by atoms with Crippen LogP contribution in [0.15, 0.2) is 10.7 Å². The lowest BCUT2D eigenvalue weighted by atomic mass is 10.2. The first kappa shape index (κ1) is 13.7. The third-order valence-corrected chi connectivity index (χ3v) is 3.35. The predicted octanol–water partition coefficient (Wildman–Crippen LogP) is 1.56. The molecule has 0 bridgehead atoms.